The van der Waals surface area contributed by atoms with Crippen molar-refractivity contribution >= 4 is 12.0 Å². The van der Waals surface area contributed by atoms with Crippen molar-refractivity contribution < 1.29 is 14.7 Å². The quantitative estimate of drug-likeness (QED) is 0.777. The lowest BCUT2D eigenvalue weighted by Gasteiger charge is -2.39. The highest BCUT2D eigenvalue weighted by molar-refractivity contribution is 5.87. The van der Waals surface area contributed by atoms with Crippen molar-refractivity contribution in [3.8, 4) is 0 Å². The van der Waals surface area contributed by atoms with Crippen molar-refractivity contribution in [3.63, 3.8) is 0 Å². The van der Waals surface area contributed by atoms with Gasteiger partial charge in [0.05, 0.1) is 5.56 Å². The van der Waals surface area contributed by atoms with Gasteiger partial charge in [-0.2, -0.15) is 0 Å². The summed E-state index contributed by atoms with van der Waals surface area (Å²) in [4.78, 5) is 22.5. The predicted molar refractivity (Wildman–Crippen MR) is 71.0 cm³/mol. The van der Waals surface area contributed by atoms with E-state index < -0.39 is 5.97 Å². The Morgan fingerprint density at radius 1 is 1.37 bits per heavy atom. The molecule has 3 N–H and O–H groups in total. The van der Waals surface area contributed by atoms with Crippen LogP contribution in [-0.4, -0.2) is 22.6 Å². The first kappa shape index (κ1) is 13.4. The Morgan fingerprint density at radius 3 is 2.68 bits per heavy atom. The number of hydrogen-bond acceptors (Lipinski definition) is 2. The zero-order valence-electron chi connectivity index (χ0n) is 10.9. The third kappa shape index (κ3) is 3.47. The van der Waals surface area contributed by atoms with Crippen molar-refractivity contribution in [2.24, 2.45) is 0 Å². The van der Waals surface area contributed by atoms with Gasteiger partial charge < -0.3 is 15.7 Å². The van der Waals surface area contributed by atoms with E-state index in [1.807, 2.05) is 6.92 Å². The molecule has 5 nitrogen and oxygen atoms in total. The number of carbonyl (C=O) groups excluding carboxylic acids is 1. The number of urea groups is 1. The van der Waals surface area contributed by atoms with E-state index in [2.05, 4.69) is 10.6 Å². The summed E-state index contributed by atoms with van der Waals surface area (Å²) in [5.74, 6) is -0.965. The zero-order chi connectivity index (χ0) is 13.9. The van der Waals surface area contributed by atoms with Crippen LogP contribution in [0.2, 0.25) is 0 Å². The van der Waals surface area contributed by atoms with Crippen LogP contribution in [0, 0.1) is 0 Å². The molecular formula is C14H18N2O3. The molecule has 2 amide bonds. The average molecular weight is 262 g/mol. The molecule has 19 heavy (non-hydrogen) atoms. The molecule has 0 aliphatic heterocycles. The van der Waals surface area contributed by atoms with Crippen LogP contribution in [0.4, 0.5) is 4.79 Å². The van der Waals surface area contributed by atoms with Crippen LogP contribution in [-0.2, 0) is 6.54 Å². The number of carboxylic acids is 1. The summed E-state index contributed by atoms with van der Waals surface area (Å²) in [6, 6.07) is 6.35. The van der Waals surface area contributed by atoms with E-state index in [4.69, 9.17) is 5.11 Å². The second-order valence-electron chi connectivity index (χ2n) is 5.23. The van der Waals surface area contributed by atoms with Crippen LogP contribution in [0.3, 0.4) is 0 Å². The van der Waals surface area contributed by atoms with Crippen LogP contribution in [0.15, 0.2) is 24.3 Å². The number of rotatable bonds is 4. The Balaban J connectivity index is 1.86. The first-order valence-corrected chi connectivity index (χ1v) is 6.37. The summed E-state index contributed by atoms with van der Waals surface area (Å²) >= 11 is 0. The Hall–Kier alpha value is -2.04. The van der Waals surface area contributed by atoms with Crippen molar-refractivity contribution in [3.05, 3.63) is 35.4 Å². The Bertz CT molecular complexity index is 495. The minimum Gasteiger partial charge on any atom is -0.478 e. The number of carbonyl (C=O) groups is 2. The standard InChI is InChI=1S/C14H18N2O3/c1-14(6-3-7-14)16-13(19)15-9-10-4-2-5-11(8-10)12(17)18/h2,4-5,8H,3,6-7,9H2,1H3,(H,17,18)(H2,15,16,19). The minimum absolute atomic E-state index is 0.0764. The molecule has 2 rings (SSSR count). The normalized spacial score (nSPS) is 16.3. The lowest BCUT2D eigenvalue weighted by atomic mass is 9.79. The molecule has 1 fully saturated rings. The smallest absolute Gasteiger partial charge is 0.335 e. The monoisotopic (exact) mass is 262 g/mol. The van der Waals surface area contributed by atoms with Crippen molar-refractivity contribution in [1.29, 1.82) is 0 Å². The molecule has 1 aliphatic rings. The zero-order valence-corrected chi connectivity index (χ0v) is 10.9. The Kier molecular flexibility index (Phi) is 3.74. The fourth-order valence-electron chi connectivity index (χ4n) is 2.15. The molecule has 0 unspecified atom stereocenters. The Labute approximate surface area is 112 Å². The summed E-state index contributed by atoms with van der Waals surface area (Å²) in [6.07, 6.45) is 3.17. The van der Waals surface area contributed by atoms with Gasteiger partial charge in [-0.05, 0) is 43.9 Å². The molecule has 5 heteroatoms. The van der Waals surface area contributed by atoms with E-state index in [0.717, 1.165) is 24.8 Å². The van der Waals surface area contributed by atoms with Gasteiger partial charge >= 0.3 is 12.0 Å². The topological polar surface area (TPSA) is 78.4 Å². The molecule has 0 saturated heterocycles. The van der Waals surface area contributed by atoms with Gasteiger partial charge in [0.25, 0.3) is 0 Å². The maximum atomic E-state index is 11.7. The van der Waals surface area contributed by atoms with Gasteiger partial charge in [0.15, 0.2) is 0 Å². The molecule has 0 radical (unpaired) electrons. The van der Waals surface area contributed by atoms with Gasteiger partial charge in [-0.15, -0.1) is 0 Å². The van der Waals surface area contributed by atoms with Crippen molar-refractivity contribution in [2.75, 3.05) is 0 Å². The fourth-order valence-corrected chi connectivity index (χ4v) is 2.15. The number of nitrogens with one attached hydrogen (secondary N) is 2. The molecule has 1 aliphatic carbocycles. The minimum atomic E-state index is -0.965. The van der Waals surface area contributed by atoms with Gasteiger partial charge in [-0.25, -0.2) is 9.59 Å². The van der Waals surface area contributed by atoms with E-state index in [1.54, 1.807) is 18.2 Å². The maximum absolute atomic E-state index is 11.7. The van der Waals surface area contributed by atoms with Gasteiger partial charge in [-0.1, -0.05) is 12.1 Å². The highest BCUT2D eigenvalue weighted by atomic mass is 16.4. The first-order chi connectivity index (χ1) is 8.98. The molecule has 1 saturated carbocycles. The van der Waals surface area contributed by atoms with Gasteiger partial charge in [0.2, 0.25) is 0 Å². The summed E-state index contributed by atoms with van der Waals surface area (Å²) in [5.41, 5.74) is 0.923. The maximum Gasteiger partial charge on any atom is 0.335 e. The molecule has 0 atom stereocenters. The number of hydrogen-bond donors (Lipinski definition) is 3. The second-order valence-corrected chi connectivity index (χ2v) is 5.23. The SMILES string of the molecule is CC1(NC(=O)NCc2cccc(C(=O)O)c2)CCC1. The summed E-state index contributed by atoms with van der Waals surface area (Å²) in [7, 11) is 0. The molecule has 1 aromatic carbocycles. The molecule has 0 heterocycles. The average Bonchev–Trinajstić information content (AvgIpc) is 2.35. The molecular weight excluding hydrogens is 244 g/mol. The van der Waals surface area contributed by atoms with Gasteiger partial charge in [0, 0.05) is 12.1 Å². The molecule has 0 spiro atoms. The molecule has 1 aromatic rings. The summed E-state index contributed by atoms with van der Waals surface area (Å²) in [5, 5.41) is 14.6. The highest BCUT2D eigenvalue weighted by Crippen LogP contribution is 2.30. The molecule has 0 bridgehead atoms. The largest absolute Gasteiger partial charge is 0.478 e. The summed E-state index contributed by atoms with van der Waals surface area (Å²) in [6.45, 7) is 2.35. The van der Waals surface area contributed by atoms with Crippen LogP contribution >= 0.6 is 0 Å². The lowest BCUT2D eigenvalue weighted by Crippen LogP contribution is -2.54. The van der Waals surface area contributed by atoms with E-state index >= 15 is 0 Å². The third-order valence-electron chi connectivity index (χ3n) is 3.50. The highest BCUT2D eigenvalue weighted by Gasteiger charge is 2.32. The molecule has 102 valence electrons. The van der Waals surface area contributed by atoms with Gasteiger partial charge in [-0.3, -0.25) is 0 Å². The van der Waals surface area contributed by atoms with E-state index in [0.29, 0.717) is 6.54 Å². The van der Waals surface area contributed by atoms with E-state index in [9.17, 15) is 9.59 Å². The van der Waals surface area contributed by atoms with Crippen LogP contribution in [0.5, 0.6) is 0 Å². The number of benzene rings is 1. The first-order valence-electron chi connectivity index (χ1n) is 6.37. The fraction of sp³-hybridized carbons (Fsp3) is 0.429. The van der Waals surface area contributed by atoms with Crippen LogP contribution in [0.1, 0.15) is 42.1 Å². The number of amides is 2. The van der Waals surface area contributed by atoms with E-state index in [1.165, 1.54) is 6.07 Å². The van der Waals surface area contributed by atoms with Crippen LogP contribution < -0.4 is 10.6 Å². The third-order valence-corrected chi connectivity index (χ3v) is 3.50. The number of carboxylic acid groups (broad SMARTS) is 1. The second kappa shape index (κ2) is 5.30. The predicted octanol–water partition coefficient (Wildman–Crippen LogP) is 2.13. The van der Waals surface area contributed by atoms with Gasteiger partial charge in [0.1, 0.15) is 0 Å². The van der Waals surface area contributed by atoms with E-state index in [-0.39, 0.29) is 17.1 Å². The Morgan fingerprint density at radius 2 is 2.11 bits per heavy atom. The lowest BCUT2D eigenvalue weighted by molar-refractivity contribution is 0.0696. The van der Waals surface area contributed by atoms with Crippen molar-refractivity contribution in [1.82, 2.24) is 10.6 Å². The van der Waals surface area contributed by atoms with Crippen LogP contribution in [0.25, 0.3) is 0 Å². The van der Waals surface area contributed by atoms with Crippen molar-refractivity contribution in [2.45, 2.75) is 38.3 Å². The molecule has 0 aromatic heterocycles. The summed E-state index contributed by atoms with van der Waals surface area (Å²) < 4.78 is 0. The number of aromatic carboxylic acids is 1.